The Bertz CT molecular complexity index is 865. The molecule has 1 atom stereocenters. The number of nitrogens with zero attached hydrogens (tertiary/aromatic N) is 2. The van der Waals surface area contributed by atoms with Gasteiger partial charge >= 0.3 is 0 Å². The summed E-state index contributed by atoms with van der Waals surface area (Å²) in [6.45, 7) is 11.6. The molecule has 1 aromatic heterocycles. The molecule has 1 aliphatic heterocycles. The summed E-state index contributed by atoms with van der Waals surface area (Å²) in [6.07, 6.45) is 0. The zero-order valence-electron chi connectivity index (χ0n) is 17.0. The summed E-state index contributed by atoms with van der Waals surface area (Å²) in [7, 11) is 0. The molecule has 1 N–H and O–H groups in total. The van der Waals surface area contributed by atoms with Crippen molar-refractivity contribution in [1.29, 1.82) is 0 Å². The highest BCUT2D eigenvalue weighted by atomic mass is 35.5. The standard InChI is InChI=1S/C22H28ClN3O2/c1-14-20(17(4)27)15(2)24-21(14)22(28)16(3)26-11-9-25(10-12-26)13-18-5-7-19(23)8-6-18/h5-8,16,24H,9-13H2,1-4H3. The number of aromatic amines is 1. The fourth-order valence-electron chi connectivity index (χ4n) is 4.06. The first kappa shape index (κ1) is 20.8. The number of aryl methyl sites for hydroxylation is 1. The fraction of sp³-hybridized carbons (Fsp3) is 0.455. The minimum Gasteiger partial charge on any atom is -0.355 e. The van der Waals surface area contributed by atoms with Gasteiger partial charge in [-0.25, -0.2) is 0 Å². The number of rotatable bonds is 6. The number of carbonyl (C=O) groups excluding carboxylic acids is 2. The highest BCUT2D eigenvalue weighted by molar-refractivity contribution is 6.30. The minimum absolute atomic E-state index is 0.00577. The van der Waals surface area contributed by atoms with E-state index in [2.05, 4.69) is 26.9 Å². The molecule has 5 nitrogen and oxygen atoms in total. The molecule has 0 spiro atoms. The van der Waals surface area contributed by atoms with Gasteiger partial charge in [-0.3, -0.25) is 19.4 Å². The van der Waals surface area contributed by atoms with Crippen LogP contribution in [0.3, 0.4) is 0 Å². The third kappa shape index (κ3) is 4.37. The van der Waals surface area contributed by atoms with E-state index in [1.165, 1.54) is 5.56 Å². The molecule has 1 unspecified atom stereocenters. The zero-order chi connectivity index (χ0) is 20.4. The highest BCUT2D eigenvalue weighted by Gasteiger charge is 2.29. The van der Waals surface area contributed by atoms with Crippen LogP contribution in [0.25, 0.3) is 0 Å². The van der Waals surface area contributed by atoms with Crippen molar-refractivity contribution in [3.05, 3.63) is 57.4 Å². The summed E-state index contributed by atoms with van der Waals surface area (Å²) in [5.41, 5.74) is 4.00. The van der Waals surface area contributed by atoms with Crippen LogP contribution >= 0.6 is 11.6 Å². The summed E-state index contributed by atoms with van der Waals surface area (Å²) in [5, 5.41) is 0.753. The molecule has 0 aliphatic carbocycles. The van der Waals surface area contributed by atoms with Gasteiger partial charge in [-0.05, 0) is 51.0 Å². The monoisotopic (exact) mass is 401 g/mol. The van der Waals surface area contributed by atoms with E-state index >= 15 is 0 Å². The number of carbonyl (C=O) groups is 2. The topological polar surface area (TPSA) is 56.4 Å². The fourth-order valence-corrected chi connectivity index (χ4v) is 4.18. The van der Waals surface area contributed by atoms with Crippen LogP contribution in [0.1, 0.15) is 51.5 Å². The van der Waals surface area contributed by atoms with E-state index in [0.29, 0.717) is 11.3 Å². The van der Waals surface area contributed by atoms with Crippen LogP contribution < -0.4 is 0 Å². The van der Waals surface area contributed by atoms with Crippen molar-refractivity contribution >= 4 is 23.2 Å². The quantitative estimate of drug-likeness (QED) is 0.746. The smallest absolute Gasteiger partial charge is 0.196 e. The van der Waals surface area contributed by atoms with E-state index in [1.807, 2.05) is 32.9 Å². The van der Waals surface area contributed by atoms with Crippen molar-refractivity contribution < 1.29 is 9.59 Å². The molecular weight excluding hydrogens is 374 g/mol. The van der Waals surface area contributed by atoms with Gasteiger partial charge in [-0.1, -0.05) is 23.7 Å². The number of ketones is 2. The van der Waals surface area contributed by atoms with Crippen LogP contribution in [0.15, 0.2) is 24.3 Å². The predicted molar refractivity (Wildman–Crippen MR) is 112 cm³/mol. The number of hydrogen-bond acceptors (Lipinski definition) is 4. The van der Waals surface area contributed by atoms with E-state index < -0.39 is 0 Å². The van der Waals surface area contributed by atoms with Gasteiger partial charge in [0, 0.05) is 49.0 Å². The Morgan fingerprint density at radius 3 is 2.25 bits per heavy atom. The summed E-state index contributed by atoms with van der Waals surface area (Å²) in [5.74, 6) is 0.0491. The lowest BCUT2D eigenvalue weighted by atomic mass is 10.0. The number of nitrogens with one attached hydrogen (secondary N) is 1. The maximum atomic E-state index is 13.0. The lowest BCUT2D eigenvalue weighted by Gasteiger charge is -2.37. The van der Waals surface area contributed by atoms with Gasteiger partial charge in [0.05, 0.1) is 11.7 Å². The number of Topliss-reactive ketones (excluding diaryl/α,β-unsaturated/α-hetero) is 2. The van der Waals surface area contributed by atoms with E-state index in [9.17, 15) is 9.59 Å². The molecule has 0 saturated carbocycles. The van der Waals surface area contributed by atoms with E-state index in [1.54, 1.807) is 6.92 Å². The second kappa shape index (κ2) is 8.60. The number of hydrogen-bond donors (Lipinski definition) is 1. The van der Waals surface area contributed by atoms with Crippen LogP contribution in [0.4, 0.5) is 0 Å². The summed E-state index contributed by atoms with van der Waals surface area (Å²) < 4.78 is 0. The molecule has 150 valence electrons. The Morgan fingerprint density at radius 2 is 1.71 bits per heavy atom. The SMILES string of the molecule is CC(=O)c1c(C)[nH]c(C(=O)C(C)N2CCN(Cc3ccc(Cl)cc3)CC2)c1C. The molecule has 1 saturated heterocycles. The van der Waals surface area contributed by atoms with Crippen molar-refractivity contribution in [2.24, 2.45) is 0 Å². The Balaban J connectivity index is 1.61. The number of H-pyrrole nitrogens is 1. The largest absolute Gasteiger partial charge is 0.355 e. The normalized spacial score (nSPS) is 16.9. The summed E-state index contributed by atoms with van der Waals surface area (Å²) in [4.78, 5) is 32.7. The van der Waals surface area contributed by atoms with E-state index in [4.69, 9.17) is 11.6 Å². The van der Waals surface area contributed by atoms with Crippen LogP contribution in [-0.4, -0.2) is 58.6 Å². The second-order valence-corrected chi connectivity index (χ2v) is 8.10. The number of aromatic nitrogens is 1. The van der Waals surface area contributed by atoms with Gasteiger partial charge < -0.3 is 4.98 Å². The van der Waals surface area contributed by atoms with E-state index in [-0.39, 0.29) is 17.6 Å². The van der Waals surface area contributed by atoms with Crippen molar-refractivity contribution in [2.75, 3.05) is 26.2 Å². The molecule has 1 fully saturated rings. The van der Waals surface area contributed by atoms with Crippen LogP contribution in [0.5, 0.6) is 0 Å². The van der Waals surface area contributed by atoms with Crippen molar-refractivity contribution in [2.45, 2.75) is 40.3 Å². The Kier molecular flexibility index (Phi) is 6.38. The summed E-state index contributed by atoms with van der Waals surface area (Å²) >= 11 is 5.95. The number of benzene rings is 1. The molecule has 28 heavy (non-hydrogen) atoms. The molecule has 3 rings (SSSR count). The third-order valence-electron chi connectivity index (χ3n) is 5.69. The van der Waals surface area contributed by atoms with Gasteiger partial charge in [-0.15, -0.1) is 0 Å². The van der Waals surface area contributed by atoms with Gasteiger partial charge in [0.2, 0.25) is 0 Å². The van der Waals surface area contributed by atoms with Crippen molar-refractivity contribution in [3.8, 4) is 0 Å². The first-order valence-electron chi connectivity index (χ1n) is 9.73. The van der Waals surface area contributed by atoms with Gasteiger partial charge in [0.1, 0.15) is 0 Å². The van der Waals surface area contributed by atoms with Crippen LogP contribution in [0.2, 0.25) is 5.02 Å². The maximum absolute atomic E-state index is 13.0. The molecule has 6 heteroatoms. The highest BCUT2D eigenvalue weighted by Crippen LogP contribution is 2.22. The molecule has 1 aromatic carbocycles. The Morgan fingerprint density at radius 1 is 1.11 bits per heavy atom. The Labute approximate surface area is 171 Å². The molecule has 2 heterocycles. The first-order valence-corrected chi connectivity index (χ1v) is 10.1. The minimum atomic E-state index is -0.214. The average Bonchev–Trinajstić information content (AvgIpc) is 2.97. The summed E-state index contributed by atoms with van der Waals surface area (Å²) in [6, 6.07) is 7.75. The van der Waals surface area contributed by atoms with Crippen molar-refractivity contribution in [3.63, 3.8) is 0 Å². The molecule has 0 radical (unpaired) electrons. The van der Waals surface area contributed by atoms with Crippen molar-refractivity contribution in [1.82, 2.24) is 14.8 Å². The van der Waals surface area contributed by atoms with Gasteiger partial charge in [0.25, 0.3) is 0 Å². The Hall–Kier alpha value is -1.95. The zero-order valence-corrected chi connectivity index (χ0v) is 17.8. The second-order valence-electron chi connectivity index (χ2n) is 7.66. The molecular formula is C22H28ClN3O2. The average molecular weight is 402 g/mol. The first-order chi connectivity index (χ1) is 13.3. The molecule has 2 aromatic rings. The molecule has 1 aliphatic rings. The lowest BCUT2D eigenvalue weighted by Crippen LogP contribution is -2.51. The van der Waals surface area contributed by atoms with Crippen LogP contribution in [0, 0.1) is 13.8 Å². The molecule has 0 amide bonds. The van der Waals surface area contributed by atoms with Gasteiger partial charge in [-0.2, -0.15) is 0 Å². The van der Waals surface area contributed by atoms with Gasteiger partial charge in [0.15, 0.2) is 11.6 Å². The number of piperazine rings is 1. The lowest BCUT2D eigenvalue weighted by molar-refractivity contribution is 0.0683. The number of halogens is 1. The third-order valence-corrected chi connectivity index (χ3v) is 5.94. The molecule has 0 bridgehead atoms. The maximum Gasteiger partial charge on any atom is 0.196 e. The van der Waals surface area contributed by atoms with Crippen LogP contribution in [-0.2, 0) is 6.54 Å². The predicted octanol–water partition coefficient (Wildman–Crippen LogP) is 3.88. The van der Waals surface area contributed by atoms with E-state index in [0.717, 1.165) is 49.0 Å².